The molecule has 1 fully saturated rings. The number of pyridine rings is 1. The smallest absolute Gasteiger partial charge is 0.276 e. The number of carbonyl (C=O) groups is 2. The molecular weight excluding hydrogens is 317 g/mol. The molecule has 3 rings (SSSR count). The van der Waals surface area contributed by atoms with Crippen LogP contribution in [0.15, 0.2) is 11.0 Å². The van der Waals surface area contributed by atoms with Gasteiger partial charge in [0.05, 0.1) is 13.2 Å². The van der Waals surface area contributed by atoms with E-state index in [0.717, 1.165) is 16.3 Å². The predicted molar refractivity (Wildman–Crippen MR) is 83.2 cm³/mol. The summed E-state index contributed by atoms with van der Waals surface area (Å²) < 4.78 is 7.07. The normalized spacial score (nSPS) is 23.2. The van der Waals surface area contributed by atoms with Gasteiger partial charge in [0.1, 0.15) is 5.56 Å². The average molecular weight is 335 g/mol. The maximum Gasteiger partial charge on any atom is 0.276 e. The first-order valence-electron chi connectivity index (χ1n) is 7.64. The van der Waals surface area contributed by atoms with Crippen LogP contribution in [0.5, 0.6) is 5.75 Å². The second kappa shape index (κ2) is 6.00. The van der Waals surface area contributed by atoms with Crippen LogP contribution in [0.3, 0.4) is 0 Å². The van der Waals surface area contributed by atoms with Gasteiger partial charge >= 0.3 is 0 Å². The summed E-state index contributed by atoms with van der Waals surface area (Å²) in [5.41, 5.74) is -1.06. The number of amides is 2. The first-order chi connectivity index (χ1) is 11.0. The summed E-state index contributed by atoms with van der Waals surface area (Å²) in [4.78, 5) is 38.4. The van der Waals surface area contributed by atoms with Crippen LogP contribution in [0, 0.1) is 0 Å². The van der Waals surface area contributed by atoms with Gasteiger partial charge in [-0.25, -0.2) is 0 Å². The van der Waals surface area contributed by atoms with Crippen LogP contribution in [-0.2, 0) is 11.3 Å². The van der Waals surface area contributed by atoms with Crippen molar-refractivity contribution >= 4 is 28.1 Å². The summed E-state index contributed by atoms with van der Waals surface area (Å²) in [5, 5.41) is 13.3. The minimum Gasteiger partial charge on any atom is -0.503 e. The molecule has 0 unspecified atom stereocenters. The van der Waals surface area contributed by atoms with Crippen molar-refractivity contribution in [1.82, 2.24) is 14.8 Å². The first kappa shape index (κ1) is 16.1. The summed E-state index contributed by atoms with van der Waals surface area (Å²) in [6.07, 6.45) is 1.59. The van der Waals surface area contributed by atoms with Crippen LogP contribution >= 0.6 is 0 Å². The molecule has 1 saturated heterocycles. The highest BCUT2D eigenvalue weighted by molar-refractivity contribution is 6.11. The van der Waals surface area contributed by atoms with Crippen LogP contribution in [0.25, 0.3) is 0 Å². The van der Waals surface area contributed by atoms with E-state index in [9.17, 15) is 19.5 Å². The number of carbonyl (C=O) groups excluding carboxylic acids is 2. The van der Waals surface area contributed by atoms with E-state index in [0.29, 0.717) is 18.4 Å². The highest BCUT2D eigenvalue weighted by Gasteiger charge is 2.40. The predicted octanol–water partition coefficient (Wildman–Crippen LogP) is -1.53. The molecule has 2 N–H and O–H groups in total. The van der Waals surface area contributed by atoms with E-state index in [1.165, 1.54) is 10.8 Å². The lowest BCUT2D eigenvalue weighted by Crippen LogP contribution is -2.57. The average Bonchev–Trinajstić information content (AvgIpc) is 2.50. The Kier molecular flexibility index (Phi) is 4.19. The van der Waals surface area contributed by atoms with Crippen molar-refractivity contribution in [2.24, 2.45) is 0 Å². The summed E-state index contributed by atoms with van der Waals surface area (Å²) in [6, 6.07) is -0.0301. The fourth-order valence-corrected chi connectivity index (χ4v) is 3.40. The van der Waals surface area contributed by atoms with Crippen LogP contribution in [0.1, 0.15) is 34.2 Å². The molecule has 3 heterocycles. The molecule has 2 amide bonds. The maximum atomic E-state index is 12.7. The number of rotatable bonds is 2. The van der Waals surface area contributed by atoms with Gasteiger partial charge in [0.25, 0.3) is 11.8 Å². The van der Waals surface area contributed by atoms with Gasteiger partial charge in [-0.3, -0.25) is 14.4 Å². The Labute approximate surface area is 140 Å². The molecule has 0 aromatic carbocycles. The van der Waals surface area contributed by atoms with E-state index in [4.69, 9.17) is 4.74 Å². The number of ether oxygens (including phenoxy) is 1. The summed E-state index contributed by atoms with van der Waals surface area (Å²) >= 11 is 0.755. The molecule has 23 heavy (non-hydrogen) atoms. The molecule has 0 aliphatic carbocycles. The molecule has 0 radical (unpaired) electrons. The minimum absolute atomic E-state index is 0.0301. The molecule has 2 atom stereocenters. The molecule has 8 nitrogen and oxygen atoms in total. The van der Waals surface area contributed by atoms with Gasteiger partial charge in [0.15, 0.2) is 17.7 Å². The third kappa shape index (κ3) is 2.55. The molecule has 0 bridgehead atoms. The maximum absolute atomic E-state index is 12.7. The number of hydrogen-bond donors (Lipinski definition) is 2. The van der Waals surface area contributed by atoms with Crippen LogP contribution in [-0.4, -0.2) is 67.0 Å². The fraction of sp³-hybridized carbons (Fsp3) is 0.500. The number of aromatic nitrogens is 1. The molecule has 2 aliphatic heterocycles. The topological polar surface area (TPSA) is 101 Å². The van der Waals surface area contributed by atoms with Crippen molar-refractivity contribution in [3.63, 3.8) is 0 Å². The first-order valence-corrected chi connectivity index (χ1v) is 9.06. The molecule has 1 aromatic rings. The van der Waals surface area contributed by atoms with Crippen molar-refractivity contribution in [3.8, 4) is 5.75 Å². The Morgan fingerprint density at radius 3 is 2.96 bits per heavy atom. The molecule has 9 heteroatoms. The van der Waals surface area contributed by atoms with E-state index in [1.807, 2.05) is 6.92 Å². The van der Waals surface area contributed by atoms with Crippen molar-refractivity contribution in [1.29, 1.82) is 0 Å². The SMILES string of the molecule is C[C@@H]1CCO[C@H]2Cn3cc(C(=O)N[CH2][AlH2])c(=O)c(O)c3C(=O)N12. The molecule has 2 aliphatic rings. The Bertz CT molecular complexity index is 732. The van der Waals surface area contributed by atoms with E-state index in [1.54, 1.807) is 4.90 Å². The van der Waals surface area contributed by atoms with Gasteiger partial charge in [-0.2, -0.15) is 0 Å². The van der Waals surface area contributed by atoms with Gasteiger partial charge in [-0.05, 0) is 18.8 Å². The minimum atomic E-state index is -0.818. The quantitative estimate of drug-likeness (QED) is 0.639. The van der Waals surface area contributed by atoms with E-state index in [2.05, 4.69) is 5.32 Å². The Balaban J connectivity index is 2.11. The standard InChI is InChI=1S/C14H16N3O5.Al.2H/c1-7-3-4-22-9-6-16-5-8(13(20)15-2)11(18)12(19)10(16)14(21)17(7)9;;;/h5,7,9,19H,2-4,6H2,1H3,(H,15,20);;;/t7-,9+;;;/m1.../s1. The highest BCUT2D eigenvalue weighted by Crippen LogP contribution is 2.29. The summed E-state index contributed by atoms with van der Waals surface area (Å²) in [5.74, 6) is -1.66. The van der Waals surface area contributed by atoms with Gasteiger partial charge in [0, 0.05) is 12.2 Å². The molecule has 0 spiro atoms. The number of fused-ring (bicyclic) bond motifs is 2. The molecule has 1 aromatic heterocycles. The lowest BCUT2D eigenvalue weighted by molar-refractivity contribution is -0.112. The molecule has 0 saturated carbocycles. The third-order valence-corrected chi connectivity index (χ3v) is 4.61. The van der Waals surface area contributed by atoms with Gasteiger partial charge < -0.3 is 24.6 Å². The number of aromatic hydroxyl groups is 1. The Morgan fingerprint density at radius 2 is 2.26 bits per heavy atom. The van der Waals surface area contributed by atoms with Crippen molar-refractivity contribution < 1.29 is 19.4 Å². The van der Waals surface area contributed by atoms with Gasteiger partial charge in [-0.1, -0.05) is 0 Å². The van der Waals surface area contributed by atoms with Crippen LogP contribution in [0.2, 0.25) is 0 Å². The van der Waals surface area contributed by atoms with Gasteiger partial charge in [-0.15, -0.1) is 0 Å². The highest BCUT2D eigenvalue weighted by atomic mass is 27.0. The van der Waals surface area contributed by atoms with Crippen LogP contribution in [0.4, 0.5) is 0 Å². The monoisotopic (exact) mass is 335 g/mol. The molecular formula is C14H18AlN3O5. The van der Waals surface area contributed by atoms with Crippen molar-refractivity contribution in [2.75, 3.05) is 12.0 Å². The summed E-state index contributed by atoms with van der Waals surface area (Å²) in [7, 11) is 0. The van der Waals surface area contributed by atoms with E-state index < -0.39 is 29.2 Å². The second-order valence-electron chi connectivity index (χ2n) is 5.76. The summed E-state index contributed by atoms with van der Waals surface area (Å²) in [6.45, 7) is 2.73. The zero-order valence-electron chi connectivity index (χ0n) is 13.0. The number of nitrogens with zero attached hydrogens (tertiary/aromatic N) is 2. The fourth-order valence-electron chi connectivity index (χ4n) is 3.08. The van der Waals surface area contributed by atoms with Crippen LogP contribution < -0.4 is 10.7 Å². The zero-order valence-corrected chi connectivity index (χ0v) is 15.0. The van der Waals surface area contributed by atoms with E-state index >= 15 is 0 Å². The lowest BCUT2D eigenvalue weighted by atomic mass is 10.1. The third-order valence-electron chi connectivity index (χ3n) is 4.26. The zero-order chi connectivity index (χ0) is 16.7. The Morgan fingerprint density at radius 1 is 1.52 bits per heavy atom. The van der Waals surface area contributed by atoms with E-state index in [-0.39, 0.29) is 23.8 Å². The number of hydrogen-bond acceptors (Lipinski definition) is 5. The van der Waals surface area contributed by atoms with Gasteiger partial charge in [0.2, 0.25) is 21.7 Å². The Hall–Kier alpha value is -1.82. The van der Waals surface area contributed by atoms with Crippen molar-refractivity contribution in [2.45, 2.75) is 32.2 Å². The molecule has 122 valence electrons. The largest absolute Gasteiger partial charge is 0.503 e. The lowest BCUT2D eigenvalue weighted by Gasteiger charge is -2.44. The second-order valence-corrected chi connectivity index (χ2v) is 6.46. The number of nitrogens with one attached hydrogen (secondary N) is 1. The van der Waals surface area contributed by atoms with Crippen molar-refractivity contribution in [3.05, 3.63) is 27.7 Å².